The molecule has 0 aromatic heterocycles. The van der Waals surface area contributed by atoms with Gasteiger partial charge < -0.3 is 24.3 Å². The molecule has 2 aromatic carbocycles. The first kappa shape index (κ1) is 22.6. The minimum Gasteiger partial charge on any atom is -0.497 e. The van der Waals surface area contributed by atoms with Crippen LogP contribution >= 0.6 is 0 Å². The van der Waals surface area contributed by atoms with Crippen LogP contribution in [-0.4, -0.2) is 51.0 Å². The Labute approximate surface area is 182 Å². The van der Waals surface area contributed by atoms with Gasteiger partial charge in [-0.05, 0) is 68.1 Å². The summed E-state index contributed by atoms with van der Waals surface area (Å²) >= 11 is 0. The van der Waals surface area contributed by atoms with E-state index in [4.69, 9.17) is 18.9 Å². The van der Waals surface area contributed by atoms with E-state index in [1.807, 2.05) is 24.3 Å². The predicted octanol–water partition coefficient (Wildman–Crippen LogP) is 3.16. The van der Waals surface area contributed by atoms with Crippen LogP contribution in [0.3, 0.4) is 0 Å². The quantitative estimate of drug-likeness (QED) is 0.587. The van der Waals surface area contributed by atoms with Gasteiger partial charge in [0.15, 0.2) is 6.10 Å². The van der Waals surface area contributed by atoms with Crippen molar-refractivity contribution < 1.29 is 28.5 Å². The summed E-state index contributed by atoms with van der Waals surface area (Å²) in [5, 5.41) is 2.79. The van der Waals surface area contributed by atoms with Gasteiger partial charge in [-0.3, -0.25) is 4.79 Å². The third-order valence-corrected chi connectivity index (χ3v) is 5.07. The second-order valence-electron chi connectivity index (χ2n) is 7.41. The lowest BCUT2D eigenvalue weighted by Crippen LogP contribution is -2.36. The number of carbonyl (C=O) groups is 2. The number of nitrogens with one attached hydrogen (secondary N) is 1. The Balaban J connectivity index is 1.39. The topological polar surface area (TPSA) is 83.1 Å². The number of ether oxygens (including phenoxy) is 4. The summed E-state index contributed by atoms with van der Waals surface area (Å²) in [7, 11) is 1.62. The molecule has 1 aliphatic rings. The zero-order valence-electron chi connectivity index (χ0n) is 18.0. The molecule has 7 heteroatoms. The summed E-state index contributed by atoms with van der Waals surface area (Å²) in [6.07, 6.45) is 1.98. The average molecular weight is 427 g/mol. The summed E-state index contributed by atoms with van der Waals surface area (Å²) in [5.41, 5.74) is 1.44. The molecule has 1 N–H and O–H groups in total. The molecule has 1 aliphatic heterocycles. The second-order valence-corrected chi connectivity index (χ2v) is 7.41. The van der Waals surface area contributed by atoms with Crippen molar-refractivity contribution in [1.82, 2.24) is 5.32 Å². The van der Waals surface area contributed by atoms with Crippen molar-refractivity contribution in [3.8, 4) is 11.5 Å². The Bertz CT molecular complexity index is 843. The molecule has 0 aliphatic carbocycles. The fourth-order valence-electron chi connectivity index (χ4n) is 3.20. The standard InChI is InChI=1S/C24H29NO6/c1-17(23(26)25-14-13-18-5-9-20(28-2)10-6-18)31-24(27)19-7-11-21(12-8-19)30-16-22-4-3-15-29-22/h5-12,17,22H,3-4,13-16H2,1-2H3,(H,25,26)/t17-,22+/m0/s1. The summed E-state index contributed by atoms with van der Waals surface area (Å²) in [5.74, 6) is 0.564. The van der Waals surface area contributed by atoms with Crippen LogP contribution in [-0.2, 0) is 20.7 Å². The molecule has 2 atom stereocenters. The van der Waals surface area contributed by atoms with Crippen LogP contribution < -0.4 is 14.8 Å². The molecule has 1 heterocycles. The SMILES string of the molecule is COc1ccc(CCNC(=O)[C@H](C)OC(=O)c2ccc(OC[C@H]3CCCO3)cc2)cc1. The van der Waals surface area contributed by atoms with Gasteiger partial charge >= 0.3 is 5.97 Å². The number of methoxy groups -OCH3 is 1. The molecule has 3 rings (SSSR count). The van der Waals surface area contributed by atoms with E-state index in [9.17, 15) is 9.59 Å². The second kappa shape index (κ2) is 11.4. The first-order valence-electron chi connectivity index (χ1n) is 10.5. The Hall–Kier alpha value is -3.06. The van der Waals surface area contributed by atoms with Crippen molar-refractivity contribution in [2.24, 2.45) is 0 Å². The minimum atomic E-state index is -0.890. The van der Waals surface area contributed by atoms with Gasteiger partial charge in [0.05, 0.1) is 18.8 Å². The van der Waals surface area contributed by atoms with Crippen molar-refractivity contribution in [2.75, 3.05) is 26.9 Å². The van der Waals surface area contributed by atoms with E-state index in [0.29, 0.717) is 30.9 Å². The lowest BCUT2D eigenvalue weighted by atomic mass is 10.1. The van der Waals surface area contributed by atoms with Crippen molar-refractivity contribution in [3.63, 3.8) is 0 Å². The molecule has 0 radical (unpaired) electrons. The molecule has 166 valence electrons. The van der Waals surface area contributed by atoms with Gasteiger partial charge in [-0.15, -0.1) is 0 Å². The van der Waals surface area contributed by atoms with E-state index in [-0.39, 0.29) is 12.0 Å². The minimum absolute atomic E-state index is 0.133. The number of esters is 1. The lowest BCUT2D eigenvalue weighted by molar-refractivity contribution is -0.129. The van der Waals surface area contributed by atoms with Crippen LogP contribution in [0, 0.1) is 0 Å². The summed E-state index contributed by atoms with van der Waals surface area (Å²) in [6.45, 7) is 3.28. The van der Waals surface area contributed by atoms with Crippen molar-refractivity contribution >= 4 is 11.9 Å². The Morgan fingerprint density at radius 1 is 1.10 bits per heavy atom. The molecule has 31 heavy (non-hydrogen) atoms. The predicted molar refractivity (Wildman–Crippen MR) is 115 cm³/mol. The van der Waals surface area contributed by atoms with Gasteiger partial charge in [-0.1, -0.05) is 12.1 Å². The maximum Gasteiger partial charge on any atom is 0.338 e. The van der Waals surface area contributed by atoms with E-state index < -0.39 is 12.1 Å². The van der Waals surface area contributed by atoms with Gasteiger partial charge in [-0.2, -0.15) is 0 Å². The molecule has 1 fully saturated rings. The van der Waals surface area contributed by atoms with Crippen molar-refractivity contribution in [1.29, 1.82) is 0 Å². The molecule has 1 saturated heterocycles. The van der Waals surface area contributed by atoms with Crippen LogP contribution in [0.2, 0.25) is 0 Å². The smallest absolute Gasteiger partial charge is 0.338 e. The van der Waals surface area contributed by atoms with E-state index in [1.54, 1.807) is 38.3 Å². The van der Waals surface area contributed by atoms with Crippen LogP contribution in [0.15, 0.2) is 48.5 Å². The number of benzene rings is 2. The number of amides is 1. The van der Waals surface area contributed by atoms with Crippen LogP contribution in [0.1, 0.15) is 35.7 Å². The normalized spacial score (nSPS) is 16.4. The van der Waals surface area contributed by atoms with E-state index in [2.05, 4.69) is 5.32 Å². The Morgan fingerprint density at radius 3 is 2.45 bits per heavy atom. The number of hydrogen-bond donors (Lipinski definition) is 1. The molecule has 0 bridgehead atoms. The number of hydrogen-bond acceptors (Lipinski definition) is 6. The van der Waals surface area contributed by atoms with E-state index in [0.717, 1.165) is 30.8 Å². The molecule has 1 amide bonds. The summed E-state index contributed by atoms with van der Waals surface area (Å²) in [6, 6.07) is 14.3. The molecule has 2 aromatic rings. The highest BCUT2D eigenvalue weighted by molar-refractivity contribution is 5.92. The van der Waals surface area contributed by atoms with Gasteiger partial charge in [-0.25, -0.2) is 4.79 Å². The monoisotopic (exact) mass is 427 g/mol. The maximum atomic E-state index is 12.3. The van der Waals surface area contributed by atoms with Crippen LogP contribution in [0.25, 0.3) is 0 Å². The highest BCUT2D eigenvalue weighted by Crippen LogP contribution is 2.17. The molecule has 0 saturated carbocycles. The maximum absolute atomic E-state index is 12.3. The van der Waals surface area contributed by atoms with Crippen LogP contribution in [0.4, 0.5) is 0 Å². The van der Waals surface area contributed by atoms with Gasteiger partial charge in [0.2, 0.25) is 0 Å². The van der Waals surface area contributed by atoms with Crippen molar-refractivity contribution in [2.45, 2.75) is 38.4 Å². The average Bonchev–Trinajstić information content (AvgIpc) is 3.32. The first-order valence-corrected chi connectivity index (χ1v) is 10.5. The molecule has 0 unspecified atom stereocenters. The highest BCUT2D eigenvalue weighted by atomic mass is 16.5. The molecule has 7 nitrogen and oxygen atoms in total. The summed E-state index contributed by atoms with van der Waals surface area (Å²) in [4.78, 5) is 24.5. The third-order valence-electron chi connectivity index (χ3n) is 5.07. The van der Waals surface area contributed by atoms with Crippen LogP contribution in [0.5, 0.6) is 11.5 Å². The molecular weight excluding hydrogens is 398 g/mol. The fraction of sp³-hybridized carbons (Fsp3) is 0.417. The zero-order valence-corrected chi connectivity index (χ0v) is 18.0. The number of rotatable bonds is 10. The third kappa shape index (κ3) is 7.00. The van der Waals surface area contributed by atoms with Gasteiger partial charge in [0, 0.05) is 13.2 Å². The number of carbonyl (C=O) groups excluding carboxylic acids is 2. The van der Waals surface area contributed by atoms with E-state index in [1.165, 1.54) is 0 Å². The highest BCUT2D eigenvalue weighted by Gasteiger charge is 2.19. The lowest BCUT2D eigenvalue weighted by Gasteiger charge is -2.14. The van der Waals surface area contributed by atoms with Gasteiger partial charge in [0.25, 0.3) is 5.91 Å². The van der Waals surface area contributed by atoms with E-state index >= 15 is 0 Å². The molecule has 0 spiro atoms. The molecular formula is C24H29NO6. The van der Waals surface area contributed by atoms with Gasteiger partial charge in [0.1, 0.15) is 18.1 Å². The Kier molecular flexibility index (Phi) is 8.29. The van der Waals surface area contributed by atoms with Crippen molar-refractivity contribution in [3.05, 3.63) is 59.7 Å². The fourth-order valence-corrected chi connectivity index (χ4v) is 3.20. The zero-order chi connectivity index (χ0) is 22.1. The summed E-state index contributed by atoms with van der Waals surface area (Å²) < 4.78 is 21.6. The largest absolute Gasteiger partial charge is 0.497 e. The first-order chi connectivity index (χ1) is 15.0. The Morgan fingerprint density at radius 2 is 1.81 bits per heavy atom.